The lowest BCUT2D eigenvalue weighted by molar-refractivity contribution is 0.181. The van der Waals surface area contributed by atoms with Gasteiger partial charge in [0, 0.05) is 19.1 Å². The van der Waals surface area contributed by atoms with Crippen LogP contribution in [-0.2, 0) is 5.41 Å². The fourth-order valence-corrected chi connectivity index (χ4v) is 4.00. The average Bonchev–Trinajstić information content (AvgIpc) is 2.79. The normalized spacial score (nSPS) is 31.7. The van der Waals surface area contributed by atoms with Crippen LogP contribution in [0.25, 0.3) is 0 Å². The molecule has 0 bridgehead atoms. The number of aromatic nitrogens is 1. The van der Waals surface area contributed by atoms with Crippen molar-refractivity contribution >= 4 is 12.2 Å². The first kappa shape index (κ1) is 12.6. The maximum Gasteiger partial charge on any atom is 0.153 e. The van der Waals surface area contributed by atoms with Crippen molar-refractivity contribution in [3.05, 3.63) is 23.9 Å². The lowest BCUT2D eigenvalue weighted by atomic mass is 9.66. The Kier molecular flexibility index (Phi) is 3.27. The van der Waals surface area contributed by atoms with Gasteiger partial charge in [0.1, 0.15) is 0 Å². The molecule has 1 aliphatic carbocycles. The number of hydrogen-bond acceptors (Lipinski definition) is 3. The molecule has 1 unspecified atom stereocenters. The van der Waals surface area contributed by atoms with Crippen LogP contribution in [0.1, 0.15) is 39.1 Å². The van der Waals surface area contributed by atoms with E-state index in [4.69, 9.17) is 5.73 Å². The predicted molar refractivity (Wildman–Crippen MR) is 79.9 cm³/mol. The molecule has 0 aromatic carbocycles. The van der Waals surface area contributed by atoms with Crippen LogP contribution in [0.2, 0.25) is 0 Å². The molecule has 1 aromatic rings. The molecule has 2 N–H and O–H groups in total. The fraction of sp³-hybridized carbons (Fsp3) is 0.600. The Balaban J connectivity index is 0.00000147. The Bertz CT molecular complexity index is 469. The van der Waals surface area contributed by atoms with Crippen molar-refractivity contribution < 1.29 is 1.43 Å². The molecule has 2 heterocycles. The first-order valence-corrected chi connectivity index (χ1v) is 7.17. The fourth-order valence-electron chi connectivity index (χ4n) is 4.00. The molecule has 2 fully saturated rings. The third-order valence-corrected chi connectivity index (χ3v) is 4.96. The van der Waals surface area contributed by atoms with E-state index < -0.39 is 0 Å². The Hall–Kier alpha value is -1.42. The topological polar surface area (TPSA) is 54.5 Å². The standard InChI is InChI=1S/C15H22N4.H2/c1-19-9-8-15(7-3-2-4-13(15)19)12-5-6-14(17-10-12)18-11-16;/h5-6,10-11,13H,2-4,7-9H2,1H3,(H2,16,17,18);1H/t13?,15-;/m0./s1. The number of fused-ring (bicyclic) bond motifs is 1. The number of likely N-dealkylation sites (N-methyl/N-ethyl adjacent to an activating group) is 1. The SMILES string of the molecule is CN1CC[C@]2(c3ccc(N=CN)nc3)CCCCC12.[HH]. The highest BCUT2D eigenvalue weighted by atomic mass is 15.2. The summed E-state index contributed by atoms with van der Waals surface area (Å²) in [5, 5.41) is 0. The van der Waals surface area contributed by atoms with Crippen molar-refractivity contribution in [2.45, 2.75) is 43.6 Å². The molecule has 4 nitrogen and oxygen atoms in total. The third kappa shape index (κ3) is 2.04. The Morgan fingerprint density at radius 2 is 2.37 bits per heavy atom. The van der Waals surface area contributed by atoms with Gasteiger partial charge < -0.3 is 10.6 Å². The molecule has 19 heavy (non-hydrogen) atoms. The van der Waals surface area contributed by atoms with E-state index in [-0.39, 0.29) is 1.43 Å². The van der Waals surface area contributed by atoms with Crippen LogP contribution in [0.4, 0.5) is 5.82 Å². The minimum atomic E-state index is 0. The van der Waals surface area contributed by atoms with Gasteiger partial charge in [0.25, 0.3) is 0 Å². The zero-order valence-corrected chi connectivity index (χ0v) is 11.5. The first-order valence-electron chi connectivity index (χ1n) is 7.17. The number of rotatable bonds is 2. The van der Waals surface area contributed by atoms with Crippen molar-refractivity contribution in [2.24, 2.45) is 10.7 Å². The Labute approximate surface area is 116 Å². The smallest absolute Gasteiger partial charge is 0.153 e. The lowest BCUT2D eigenvalue weighted by Crippen LogP contribution is -2.43. The van der Waals surface area contributed by atoms with E-state index in [9.17, 15) is 0 Å². The minimum absolute atomic E-state index is 0. The summed E-state index contributed by atoms with van der Waals surface area (Å²) in [6.45, 7) is 1.20. The molecular formula is C15H24N4. The molecule has 104 valence electrons. The van der Waals surface area contributed by atoms with Gasteiger partial charge in [-0.3, -0.25) is 0 Å². The van der Waals surface area contributed by atoms with Crippen LogP contribution in [0.5, 0.6) is 0 Å². The quantitative estimate of drug-likeness (QED) is 0.656. The monoisotopic (exact) mass is 260 g/mol. The van der Waals surface area contributed by atoms with E-state index >= 15 is 0 Å². The highest BCUT2D eigenvalue weighted by Crippen LogP contribution is 2.48. The van der Waals surface area contributed by atoms with Gasteiger partial charge in [-0.2, -0.15) is 0 Å². The average molecular weight is 260 g/mol. The summed E-state index contributed by atoms with van der Waals surface area (Å²) in [6.07, 6.45) is 9.89. The van der Waals surface area contributed by atoms with Crippen molar-refractivity contribution in [1.82, 2.24) is 9.88 Å². The Morgan fingerprint density at radius 3 is 3.11 bits per heavy atom. The van der Waals surface area contributed by atoms with Gasteiger partial charge in [-0.25, -0.2) is 9.98 Å². The van der Waals surface area contributed by atoms with Crippen LogP contribution >= 0.6 is 0 Å². The maximum atomic E-state index is 5.31. The van der Waals surface area contributed by atoms with Gasteiger partial charge in [-0.15, -0.1) is 0 Å². The van der Waals surface area contributed by atoms with Crippen molar-refractivity contribution in [2.75, 3.05) is 13.6 Å². The molecule has 1 saturated carbocycles. The molecule has 0 radical (unpaired) electrons. The number of nitrogens with two attached hydrogens (primary N) is 1. The zero-order valence-electron chi connectivity index (χ0n) is 11.5. The molecule has 0 spiro atoms. The van der Waals surface area contributed by atoms with E-state index in [0.717, 1.165) is 0 Å². The van der Waals surface area contributed by atoms with Crippen LogP contribution in [0.15, 0.2) is 23.3 Å². The third-order valence-electron chi connectivity index (χ3n) is 4.96. The number of pyridine rings is 1. The molecular weight excluding hydrogens is 236 g/mol. The molecule has 4 heteroatoms. The van der Waals surface area contributed by atoms with E-state index in [0.29, 0.717) is 17.3 Å². The van der Waals surface area contributed by atoms with E-state index in [1.807, 2.05) is 12.3 Å². The van der Waals surface area contributed by atoms with Crippen LogP contribution < -0.4 is 5.73 Å². The summed E-state index contributed by atoms with van der Waals surface area (Å²) in [4.78, 5) is 11.0. The predicted octanol–water partition coefficient (Wildman–Crippen LogP) is 2.46. The van der Waals surface area contributed by atoms with Crippen LogP contribution in [0.3, 0.4) is 0 Å². The first-order chi connectivity index (χ1) is 9.26. The van der Waals surface area contributed by atoms with Crippen LogP contribution in [-0.4, -0.2) is 35.9 Å². The van der Waals surface area contributed by atoms with E-state index in [1.54, 1.807) is 0 Å². The highest BCUT2D eigenvalue weighted by Gasteiger charge is 2.48. The van der Waals surface area contributed by atoms with E-state index in [2.05, 4.69) is 28.0 Å². The number of nitrogens with zero attached hydrogens (tertiary/aromatic N) is 3. The van der Waals surface area contributed by atoms with Gasteiger partial charge in [0.05, 0.1) is 6.34 Å². The van der Waals surface area contributed by atoms with Crippen molar-refractivity contribution in [1.29, 1.82) is 0 Å². The highest BCUT2D eigenvalue weighted by molar-refractivity contribution is 5.57. The second-order valence-corrected chi connectivity index (χ2v) is 5.83. The summed E-state index contributed by atoms with van der Waals surface area (Å²) in [5.41, 5.74) is 7.02. The second-order valence-electron chi connectivity index (χ2n) is 5.83. The molecule has 2 atom stereocenters. The summed E-state index contributed by atoms with van der Waals surface area (Å²) in [5.74, 6) is 0.696. The summed E-state index contributed by atoms with van der Waals surface area (Å²) < 4.78 is 0. The van der Waals surface area contributed by atoms with Gasteiger partial charge >= 0.3 is 0 Å². The van der Waals surface area contributed by atoms with Crippen molar-refractivity contribution in [3.63, 3.8) is 0 Å². The molecule has 1 aromatic heterocycles. The minimum Gasteiger partial charge on any atom is -0.390 e. The van der Waals surface area contributed by atoms with Gasteiger partial charge in [0.15, 0.2) is 5.82 Å². The second kappa shape index (κ2) is 4.93. The van der Waals surface area contributed by atoms with Gasteiger partial charge in [-0.05, 0) is 44.5 Å². The molecule has 1 aliphatic heterocycles. The molecule has 0 amide bonds. The van der Waals surface area contributed by atoms with Crippen molar-refractivity contribution in [3.8, 4) is 0 Å². The van der Waals surface area contributed by atoms with Gasteiger partial charge in [0.2, 0.25) is 0 Å². The maximum absolute atomic E-state index is 5.31. The number of likely N-dealkylation sites (tertiary alicyclic amines) is 1. The number of aliphatic imine (C=N–C) groups is 1. The Morgan fingerprint density at radius 1 is 1.47 bits per heavy atom. The van der Waals surface area contributed by atoms with E-state index in [1.165, 1.54) is 50.6 Å². The number of hydrogen-bond donors (Lipinski definition) is 1. The van der Waals surface area contributed by atoms with Gasteiger partial charge in [-0.1, -0.05) is 18.9 Å². The molecule has 2 aliphatic rings. The summed E-state index contributed by atoms with van der Waals surface area (Å²) in [7, 11) is 2.26. The largest absolute Gasteiger partial charge is 0.390 e. The van der Waals surface area contributed by atoms with Crippen LogP contribution in [0, 0.1) is 0 Å². The lowest BCUT2D eigenvalue weighted by Gasteiger charge is -2.41. The molecule has 3 rings (SSSR count). The summed E-state index contributed by atoms with van der Waals surface area (Å²) >= 11 is 0. The summed E-state index contributed by atoms with van der Waals surface area (Å²) in [6, 6.07) is 4.87. The zero-order chi connectivity index (χ0) is 13.3. The molecule has 1 saturated heterocycles.